The number of hydrogen-bond acceptors (Lipinski definition) is 0. The predicted octanol–water partition coefficient (Wildman–Crippen LogP) is 7.55. The maximum absolute atomic E-state index is 2.55. The van der Waals surface area contributed by atoms with E-state index >= 15 is 0 Å². The Kier molecular flexibility index (Phi) is 6.88. The van der Waals surface area contributed by atoms with Crippen LogP contribution < -0.4 is 0 Å². The van der Waals surface area contributed by atoms with Gasteiger partial charge in [0.2, 0.25) is 0 Å². The Morgan fingerprint density at radius 3 is 1.20 bits per heavy atom. The first-order valence-corrected chi connectivity index (χ1v) is 14.8. The third-order valence-electron chi connectivity index (χ3n) is 8.00. The first-order valence-electron chi connectivity index (χ1n) is 10.3. The van der Waals surface area contributed by atoms with Crippen LogP contribution in [0.5, 0.6) is 0 Å². The zero-order valence-electron chi connectivity index (χ0n) is 18.5. The van der Waals surface area contributed by atoms with Gasteiger partial charge in [-0.25, -0.2) is 0 Å². The summed E-state index contributed by atoms with van der Waals surface area (Å²) in [6, 6.07) is 0. The zero-order chi connectivity index (χ0) is 19.2. The van der Waals surface area contributed by atoms with Crippen molar-refractivity contribution in [1.82, 2.24) is 0 Å². The fourth-order valence-corrected chi connectivity index (χ4v) is 15.3. The quantitative estimate of drug-likeness (QED) is 0.357. The van der Waals surface area contributed by atoms with E-state index in [1.54, 1.807) is 33.4 Å². The Morgan fingerprint density at radius 2 is 0.920 bits per heavy atom. The van der Waals surface area contributed by atoms with Crippen LogP contribution >= 0.6 is 0 Å². The summed E-state index contributed by atoms with van der Waals surface area (Å²) in [6.07, 6.45) is 5.22. The Labute approximate surface area is 181 Å². The molecule has 0 N–H and O–H groups in total. The van der Waals surface area contributed by atoms with E-state index in [-0.39, 0.29) is 0 Å². The molecule has 1 heteroatoms. The summed E-state index contributed by atoms with van der Waals surface area (Å²) in [7, 11) is 0. The minimum atomic E-state index is -1.39. The van der Waals surface area contributed by atoms with E-state index in [1.165, 1.54) is 25.7 Å². The molecule has 0 aromatic carbocycles. The van der Waals surface area contributed by atoms with Crippen LogP contribution in [-0.4, -0.2) is 44.2 Å². The molecule has 0 aromatic heterocycles. The second-order valence-electron chi connectivity index (χ2n) is 9.05. The molecule has 136 valence electrons. The SMILES string of the molecule is CCCC1(C)C(C)=C(C)C(C)=[C]1[Ba][C]1=C(C)C(C)=C(C)C1(C)CCC. The van der Waals surface area contributed by atoms with Crippen molar-refractivity contribution in [1.29, 1.82) is 0 Å². The van der Waals surface area contributed by atoms with Crippen LogP contribution in [0.15, 0.2) is 33.5 Å². The summed E-state index contributed by atoms with van der Waals surface area (Å²) in [5, 5.41) is 0. The Balaban J connectivity index is 2.51. The second-order valence-corrected chi connectivity index (χ2v) is 14.6. The van der Waals surface area contributed by atoms with Crippen LogP contribution in [0.4, 0.5) is 0 Å². The summed E-state index contributed by atoms with van der Waals surface area (Å²) in [6.45, 7) is 24.2. The summed E-state index contributed by atoms with van der Waals surface area (Å²) in [5.74, 6) is 0. The molecule has 25 heavy (non-hydrogen) atoms. The molecule has 2 atom stereocenters. The average molecular weight is 464 g/mol. The van der Waals surface area contributed by atoms with Crippen molar-refractivity contribution in [2.75, 3.05) is 0 Å². The van der Waals surface area contributed by atoms with Crippen LogP contribution in [0.25, 0.3) is 0 Å². The Morgan fingerprint density at radius 1 is 0.600 bits per heavy atom. The van der Waals surface area contributed by atoms with E-state index in [0.717, 1.165) is 0 Å². The van der Waals surface area contributed by atoms with E-state index in [0.29, 0.717) is 10.8 Å². The van der Waals surface area contributed by atoms with Crippen molar-refractivity contribution >= 4 is 44.2 Å². The molecule has 0 spiro atoms. The monoisotopic (exact) mass is 464 g/mol. The molecule has 2 aliphatic rings. The summed E-state index contributed by atoms with van der Waals surface area (Å²) >= 11 is -1.39. The normalized spacial score (nSPS) is 30.2. The van der Waals surface area contributed by atoms with Gasteiger partial charge in [-0.1, -0.05) is 0 Å². The summed E-state index contributed by atoms with van der Waals surface area (Å²) < 4.78 is 3.84. The van der Waals surface area contributed by atoms with Gasteiger partial charge in [0.05, 0.1) is 0 Å². The summed E-state index contributed by atoms with van der Waals surface area (Å²) in [5.41, 5.74) is 10.6. The van der Waals surface area contributed by atoms with Gasteiger partial charge in [-0.15, -0.1) is 0 Å². The molecular weight excluding hydrogens is 426 g/mol. The molecule has 0 heterocycles. The molecule has 0 saturated heterocycles. The zero-order valence-corrected chi connectivity index (χ0v) is 23.0. The maximum atomic E-state index is 2.55. The first-order chi connectivity index (χ1) is 11.6. The van der Waals surface area contributed by atoms with Crippen LogP contribution in [0.3, 0.4) is 0 Å². The van der Waals surface area contributed by atoms with E-state index in [2.05, 4.69) is 69.2 Å². The van der Waals surface area contributed by atoms with E-state index in [4.69, 9.17) is 0 Å². The molecule has 0 saturated carbocycles. The fraction of sp³-hybridized carbons (Fsp3) is 0.667. The molecule has 2 aliphatic carbocycles. The molecule has 0 nitrogen and oxygen atoms in total. The molecule has 0 aromatic rings. The van der Waals surface area contributed by atoms with Crippen molar-refractivity contribution in [2.24, 2.45) is 10.8 Å². The van der Waals surface area contributed by atoms with Gasteiger partial charge >= 0.3 is 183 Å². The van der Waals surface area contributed by atoms with Crippen LogP contribution in [0.1, 0.15) is 94.9 Å². The fourth-order valence-electron chi connectivity index (χ4n) is 5.63. The first kappa shape index (κ1) is 21.8. The van der Waals surface area contributed by atoms with E-state index in [1.807, 2.05) is 0.0821 Å². The van der Waals surface area contributed by atoms with Gasteiger partial charge in [0.15, 0.2) is 0 Å². The topological polar surface area (TPSA) is 0 Å². The molecule has 0 radical (unpaired) electrons. The van der Waals surface area contributed by atoms with Crippen molar-refractivity contribution in [3.8, 4) is 0 Å². The Hall–Kier alpha value is 0.531. The van der Waals surface area contributed by atoms with Gasteiger partial charge in [-0.05, 0) is 0 Å². The number of hydrogen-bond donors (Lipinski definition) is 0. The number of rotatable bonds is 6. The van der Waals surface area contributed by atoms with Crippen molar-refractivity contribution in [3.05, 3.63) is 33.5 Å². The third-order valence-corrected chi connectivity index (χ3v) is 18.4. The molecule has 0 aliphatic heterocycles. The van der Waals surface area contributed by atoms with Gasteiger partial charge in [-0.2, -0.15) is 0 Å². The van der Waals surface area contributed by atoms with Crippen molar-refractivity contribution in [2.45, 2.75) is 94.9 Å². The standard InChI is InChI=1S/2C12H19.Ba/c2*1-6-7-12(5)8-9(2)10(3)11(12)4;/h2*6-7H2,1-5H3;. The molecule has 2 rings (SSSR count). The van der Waals surface area contributed by atoms with Crippen LogP contribution in [0, 0.1) is 10.8 Å². The molecule has 0 fully saturated rings. The van der Waals surface area contributed by atoms with Gasteiger partial charge in [0.25, 0.3) is 0 Å². The van der Waals surface area contributed by atoms with E-state index < -0.39 is 44.2 Å². The molecular formula is C24H38Ba. The van der Waals surface area contributed by atoms with Gasteiger partial charge in [0.1, 0.15) is 0 Å². The Bertz CT molecular complexity index is 638. The average Bonchev–Trinajstić information content (AvgIpc) is 2.81. The molecule has 2 unspecified atom stereocenters. The van der Waals surface area contributed by atoms with Crippen molar-refractivity contribution in [3.63, 3.8) is 0 Å². The van der Waals surface area contributed by atoms with Gasteiger partial charge in [0, 0.05) is 0 Å². The van der Waals surface area contributed by atoms with Crippen LogP contribution in [-0.2, 0) is 0 Å². The van der Waals surface area contributed by atoms with Gasteiger partial charge in [-0.3, -0.25) is 0 Å². The minimum absolute atomic E-state index is 0.356. The predicted molar refractivity (Wildman–Crippen MR) is 114 cm³/mol. The van der Waals surface area contributed by atoms with Crippen molar-refractivity contribution < 1.29 is 0 Å². The summed E-state index contributed by atoms with van der Waals surface area (Å²) in [4.78, 5) is 0. The van der Waals surface area contributed by atoms with E-state index in [9.17, 15) is 0 Å². The van der Waals surface area contributed by atoms with Gasteiger partial charge < -0.3 is 0 Å². The number of allylic oxidation sites excluding steroid dienone is 8. The third kappa shape index (κ3) is 3.40. The molecule has 0 bridgehead atoms. The van der Waals surface area contributed by atoms with Crippen LogP contribution in [0.2, 0.25) is 0 Å². The second kappa shape index (κ2) is 7.88. The molecule has 0 amide bonds.